The van der Waals surface area contributed by atoms with Crippen molar-refractivity contribution in [3.8, 4) is 51.0 Å². The highest BCUT2D eigenvalue weighted by Gasteiger charge is 2.22. The van der Waals surface area contributed by atoms with Crippen LogP contribution in [0.3, 0.4) is 0 Å². The number of benzene rings is 7. The molecule has 0 unspecified atom stereocenters. The predicted molar refractivity (Wildman–Crippen MR) is 203 cm³/mol. The van der Waals surface area contributed by atoms with Gasteiger partial charge in [0.1, 0.15) is 11.2 Å². The summed E-state index contributed by atoms with van der Waals surface area (Å²) in [5.41, 5.74) is 9.92. The average Bonchev–Trinajstić information content (AvgIpc) is 3.74. The van der Waals surface area contributed by atoms with Gasteiger partial charge in [0.25, 0.3) is 0 Å². The summed E-state index contributed by atoms with van der Waals surface area (Å²) in [4.78, 5) is 15.5. The lowest BCUT2D eigenvalue weighted by molar-refractivity contribution is 0.669. The molecule has 0 fully saturated rings. The highest BCUT2D eigenvalue weighted by Crippen LogP contribution is 2.44. The van der Waals surface area contributed by atoms with E-state index < -0.39 is 0 Å². The standard InChI is InChI=1S/C45H28N4O/c1-4-15-29(16-5-1)43-46-44(30-17-6-2-7-18-30)48-45(47-43)36-27-31(33-23-14-26-40-42(33)35-22-11-13-25-39(35)50-40)28-38-41(36)34-21-10-12-24-37(34)49(38)32-19-8-3-9-20-32/h1-28H. The van der Waals surface area contributed by atoms with E-state index in [1.165, 1.54) is 0 Å². The topological polar surface area (TPSA) is 56.7 Å². The van der Waals surface area contributed by atoms with E-state index >= 15 is 0 Å². The SMILES string of the molecule is c1ccc(-c2nc(-c3ccccc3)nc(-c3cc(-c4cccc5oc6ccccc6c45)cc4c3c3ccccc3n4-c3ccccc3)n2)cc1. The molecule has 10 rings (SSSR count). The van der Waals surface area contributed by atoms with Crippen LogP contribution in [0.4, 0.5) is 0 Å². The van der Waals surface area contributed by atoms with Crippen molar-refractivity contribution in [3.05, 3.63) is 170 Å². The lowest BCUT2D eigenvalue weighted by Crippen LogP contribution is -2.01. The molecule has 0 atom stereocenters. The fourth-order valence-corrected chi connectivity index (χ4v) is 7.23. The van der Waals surface area contributed by atoms with Crippen LogP contribution in [0.1, 0.15) is 0 Å². The molecule has 0 aliphatic rings. The highest BCUT2D eigenvalue weighted by atomic mass is 16.3. The van der Waals surface area contributed by atoms with Gasteiger partial charge in [-0.15, -0.1) is 0 Å². The molecular formula is C45H28N4O. The second kappa shape index (κ2) is 11.4. The molecule has 3 heterocycles. The maximum atomic E-state index is 6.35. The zero-order valence-corrected chi connectivity index (χ0v) is 26.9. The van der Waals surface area contributed by atoms with E-state index in [0.717, 1.165) is 77.2 Å². The van der Waals surface area contributed by atoms with Gasteiger partial charge in [-0.25, -0.2) is 15.0 Å². The van der Waals surface area contributed by atoms with Crippen molar-refractivity contribution in [2.24, 2.45) is 0 Å². The van der Waals surface area contributed by atoms with Gasteiger partial charge in [-0.2, -0.15) is 0 Å². The van der Waals surface area contributed by atoms with Crippen molar-refractivity contribution in [3.63, 3.8) is 0 Å². The summed E-state index contributed by atoms with van der Waals surface area (Å²) in [7, 11) is 0. The summed E-state index contributed by atoms with van der Waals surface area (Å²) >= 11 is 0. The number of hydrogen-bond donors (Lipinski definition) is 0. The molecule has 0 amide bonds. The Balaban J connectivity index is 1.36. The first kappa shape index (κ1) is 28.2. The van der Waals surface area contributed by atoms with Crippen LogP contribution in [0, 0.1) is 0 Å². The smallest absolute Gasteiger partial charge is 0.164 e. The van der Waals surface area contributed by atoms with E-state index in [2.05, 4.69) is 95.6 Å². The zero-order valence-electron chi connectivity index (χ0n) is 26.9. The monoisotopic (exact) mass is 640 g/mol. The average molecular weight is 641 g/mol. The summed E-state index contributed by atoms with van der Waals surface area (Å²) < 4.78 is 8.70. The molecule has 5 nitrogen and oxygen atoms in total. The maximum Gasteiger partial charge on any atom is 0.164 e. The van der Waals surface area contributed by atoms with Gasteiger partial charge in [0.05, 0.1) is 11.0 Å². The van der Waals surface area contributed by atoms with Crippen molar-refractivity contribution < 1.29 is 4.42 Å². The molecule has 50 heavy (non-hydrogen) atoms. The van der Waals surface area contributed by atoms with Crippen LogP contribution in [-0.4, -0.2) is 19.5 Å². The van der Waals surface area contributed by atoms with Crippen LogP contribution in [0.15, 0.2) is 174 Å². The molecule has 5 heteroatoms. The van der Waals surface area contributed by atoms with Crippen molar-refractivity contribution in [2.75, 3.05) is 0 Å². The van der Waals surface area contributed by atoms with Gasteiger partial charge in [-0.3, -0.25) is 0 Å². The van der Waals surface area contributed by atoms with Crippen molar-refractivity contribution in [1.82, 2.24) is 19.5 Å². The first-order valence-corrected chi connectivity index (χ1v) is 16.7. The highest BCUT2D eigenvalue weighted by molar-refractivity contribution is 6.18. The maximum absolute atomic E-state index is 6.35. The Hall–Kier alpha value is -6.85. The minimum atomic E-state index is 0.616. The fraction of sp³-hybridized carbons (Fsp3) is 0. The van der Waals surface area contributed by atoms with Gasteiger partial charge < -0.3 is 8.98 Å². The number of fused-ring (bicyclic) bond motifs is 6. The van der Waals surface area contributed by atoms with Crippen molar-refractivity contribution in [1.29, 1.82) is 0 Å². The number of furan rings is 1. The minimum absolute atomic E-state index is 0.616. The van der Waals surface area contributed by atoms with Crippen LogP contribution in [0.5, 0.6) is 0 Å². The van der Waals surface area contributed by atoms with E-state index in [9.17, 15) is 0 Å². The number of rotatable bonds is 5. The number of nitrogens with zero attached hydrogens (tertiary/aromatic N) is 4. The van der Waals surface area contributed by atoms with Crippen LogP contribution < -0.4 is 0 Å². The van der Waals surface area contributed by atoms with Crippen molar-refractivity contribution in [2.45, 2.75) is 0 Å². The second-order valence-corrected chi connectivity index (χ2v) is 12.4. The summed E-state index contributed by atoms with van der Waals surface area (Å²) in [6.07, 6.45) is 0. The Labute approximate surface area is 287 Å². The molecule has 0 aliphatic heterocycles. The third kappa shape index (κ3) is 4.52. The number of aromatic nitrogens is 4. The molecule has 0 saturated carbocycles. The van der Waals surface area contributed by atoms with Gasteiger partial charge >= 0.3 is 0 Å². The van der Waals surface area contributed by atoms with Crippen LogP contribution in [0.25, 0.3) is 94.7 Å². The van der Waals surface area contributed by atoms with Crippen molar-refractivity contribution >= 4 is 43.7 Å². The lowest BCUT2D eigenvalue weighted by atomic mass is 9.95. The molecule has 0 radical (unpaired) electrons. The number of para-hydroxylation sites is 3. The molecule has 0 aliphatic carbocycles. The summed E-state index contributed by atoms with van der Waals surface area (Å²) in [6.45, 7) is 0. The quantitative estimate of drug-likeness (QED) is 0.188. The van der Waals surface area contributed by atoms with Gasteiger partial charge in [0, 0.05) is 43.9 Å². The Morgan fingerprint density at radius 2 is 0.960 bits per heavy atom. The third-order valence-corrected chi connectivity index (χ3v) is 9.44. The normalized spacial score (nSPS) is 11.6. The molecule has 234 valence electrons. The molecule has 0 bridgehead atoms. The molecule has 0 spiro atoms. The summed E-state index contributed by atoms with van der Waals surface area (Å²) in [5, 5.41) is 4.38. The fourth-order valence-electron chi connectivity index (χ4n) is 7.23. The van der Waals surface area contributed by atoms with Crippen LogP contribution in [-0.2, 0) is 0 Å². The van der Waals surface area contributed by atoms with Crippen LogP contribution >= 0.6 is 0 Å². The summed E-state index contributed by atoms with van der Waals surface area (Å²) in [6, 6.07) is 58.5. The van der Waals surface area contributed by atoms with Gasteiger partial charge in [0.15, 0.2) is 17.5 Å². The van der Waals surface area contributed by atoms with E-state index in [-0.39, 0.29) is 0 Å². The largest absolute Gasteiger partial charge is 0.456 e. The Morgan fingerprint density at radius 3 is 1.68 bits per heavy atom. The van der Waals surface area contributed by atoms with Gasteiger partial charge in [-0.05, 0) is 53.6 Å². The number of hydrogen-bond acceptors (Lipinski definition) is 4. The Kier molecular flexibility index (Phi) is 6.42. The minimum Gasteiger partial charge on any atom is -0.456 e. The first-order valence-electron chi connectivity index (χ1n) is 16.7. The zero-order chi connectivity index (χ0) is 33.0. The molecule has 10 aromatic rings. The van der Waals surface area contributed by atoms with E-state index in [1.807, 2.05) is 78.9 Å². The van der Waals surface area contributed by atoms with E-state index in [4.69, 9.17) is 19.4 Å². The van der Waals surface area contributed by atoms with Gasteiger partial charge in [-0.1, -0.05) is 127 Å². The van der Waals surface area contributed by atoms with E-state index in [0.29, 0.717) is 17.5 Å². The predicted octanol–water partition coefficient (Wildman–Crippen LogP) is 11.5. The lowest BCUT2D eigenvalue weighted by Gasteiger charge is -2.13. The Morgan fingerprint density at radius 1 is 0.380 bits per heavy atom. The third-order valence-electron chi connectivity index (χ3n) is 9.44. The molecule has 7 aromatic carbocycles. The molecular weight excluding hydrogens is 613 g/mol. The van der Waals surface area contributed by atoms with E-state index in [1.54, 1.807) is 0 Å². The second-order valence-electron chi connectivity index (χ2n) is 12.4. The van der Waals surface area contributed by atoms with Gasteiger partial charge in [0.2, 0.25) is 0 Å². The molecule has 0 N–H and O–H groups in total. The summed E-state index contributed by atoms with van der Waals surface area (Å²) in [5.74, 6) is 1.87. The molecule has 3 aromatic heterocycles. The first-order chi connectivity index (χ1) is 24.8. The Bertz CT molecular complexity index is 2800. The molecule has 0 saturated heterocycles. The van der Waals surface area contributed by atoms with Crippen LogP contribution in [0.2, 0.25) is 0 Å².